The van der Waals surface area contributed by atoms with E-state index >= 15 is 0 Å². The molecule has 0 aromatic heterocycles. The van der Waals surface area contributed by atoms with Gasteiger partial charge in [-0.15, -0.1) is 0 Å². The van der Waals surface area contributed by atoms with E-state index in [0.717, 1.165) is 0 Å². The SMILES string of the molecule is CC(C)(C)BCc1ccc(C(C)(C)C)cc1. The zero-order valence-corrected chi connectivity index (χ0v) is 11.7. The van der Waals surface area contributed by atoms with Crippen molar-refractivity contribution < 1.29 is 0 Å². The summed E-state index contributed by atoms with van der Waals surface area (Å²) in [5.41, 5.74) is 3.15. The fourth-order valence-electron chi connectivity index (χ4n) is 1.69. The zero-order chi connectivity index (χ0) is 12.4. The number of rotatable bonds is 2. The summed E-state index contributed by atoms with van der Waals surface area (Å²) in [6.45, 7) is 13.7. The zero-order valence-electron chi connectivity index (χ0n) is 11.7. The van der Waals surface area contributed by atoms with Crippen LogP contribution in [0.2, 0.25) is 5.31 Å². The molecule has 0 N–H and O–H groups in total. The van der Waals surface area contributed by atoms with Crippen molar-refractivity contribution in [2.24, 2.45) is 0 Å². The second kappa shape index (κ2) is 4.65. The average Bonchev–Trinajstić information content (AvgIpc) is 2.13. The Morgan fingerprint density at radius 3 is 1.75 bits per heavy atom. The molecule has 0 amide bonds. The lowest BCUT2D eigenvalue weighted by Gasteiger charge is -2.20. The van der Waals surface area contributed by atoms with Crippen molar-refractivity contribution >= 4 is 7.28 Å². The molecule has 0 atom stereocenters. The fourth-order valence-corrected chi connectivity index (χ4v) is 1.69. The Balaban J connectivity index is 2.66. The predicted molar refractivity (Wildman–Crippen MR) is 75.7 cm³/mol. The average molecular weight is 216 g/mol. The molecule has 16 heavy (non-hydrogen) atoms. The van der Waals surface area contributed by atoms with Crippen LogP contribution < -0.4 is 0 Å². The summed E-state index contributed by atoms with van der Waals surface area (Å²) in [6.07, 6.45) is 1.19. The van der Waals surface area contributed by atoms with Crippen LogP contribution >= 0.6 is 0 Å². The highest BCUT2D eigenvalue weighted by Gasteiger charge is 2.14. The third-order valence-electron chi connectivity index (χ3n) is 2.98. The minimum Gasteiger partial charge on any atom is -0.0671 e. The van der Waals surface area contributed by atoms with Gasteiger partial charge in [-0.3, -0.25) is 0 Å². The van der Waals surface area contributed by atoms with Gasteiger partial charge in [0.05, 0.1) is 0 Å². The predicted octanol–water partition coefficient (Wildman–Crippen LogP) is 4.14. The molecule has 0 heterocycles. The maximum Gasteiger partial charge on any atom is 0.132 e. The molecule has 1 rings (SSSR count). The largest absolute Gasteiger partial charge is 0.132 e. The first-order valence-electron chi connectivity index (χ1n) is 6.28. The standard InChI is InChI=1S/C15H25B/c1-14(2,3)13-9-7-12(8-10-13)11-16-15(4,5)6/h7-10,16H,11H2,1-6H3. The minimum atomic E-state index is 0.266. The first-order chi connectivity index (χ1) is 7.18. The van der Waals surface area contributed by atoms with E-state index in [9.17, 15) is 0 Å². The van der Waals surface area contributed by atoms with Crippen LogP contribution in [0.25, 0.3) is 0 Å². The highest BCUT2D eigenvalue weighted by molar-refractivity contribution is 6.39. The van der Waals surface area contributed by atoms with Crippen molar-refractivity contribution in [3.8, 4) is 0 Å². The summed E-state index contributed by atoms with van der Waals surface area (Å²) in [6, 6.07) is 9.12. The summed E-state index contributed by atoms with van der Waals surface area (Å²) in [5, 5.41) is 0.433. The van der Waals surface area contributed by atoms with E-state index in [1.54, 1.807) is 0 Å². The molecular weight excluding hydrogens is 191 g/mol. The molecule has 0 radical (unpaired) electrons. The van der Waals surface area contributed by atoms with Gasteiger partial charge in [0.2, 0.25) is 0 Å². The Morgan fingerprint density at radius 1 is 0.875 bits per heavy atom. The van der Waals surface area contributed by atoms with Crippen LogP contribution in [-0.4, -0.2) is 7.28 Å². The Kier molecular flexibility index (Phi) is 3.88. The lowest BCUT2D eigenvalue weighted by molar-refractivity contribution is 0.590. The van der Waals surface area contributed by atoms with E-state index < -0.39 is 0 Å². The Hall–Kier alpha value is -0.715. The van der Waals surface area contributed by atoms with Crippen LogP contribution in [0, 0.1) is 0 Å². The first kappa shape index (κ1) is 13.4. The van der Waals surface area contributed by atoms with E-state index in [1.165, 1.54) is 24.7 Å². The lowest BCUT2D eigenvalue weighted by Crippen LogP contribution is -2.13. The smallest absolute Gasteiger partial charge is 0.0671 e. The Morgan fingerprint density at radius 2 is 1.38 bits per heavy atom. The second-order valence-electron chi connectivity index (χ2n) is 7.01. The normalized spacial score (nSPS) is 12.6. The Bertz CT molecular complexity index is 322. The van der Waals surface area contributed by atoms with Gasteiger partial charge in [-0.25, -0.2) is 0 Å². The molecule has 0 aliphatic carbocycles. The molecule has 0 saturated carbocycles. The molecule has 0 fully saturated rings. The van der Waals surface area contributed by atoms with Gasteiger partial charge in [0, 0.05) is 0 Å². The van der Waals surface area contributed by atoms with Gasteiger partial charge in [-0.2, -0.15) is 0 Å². The molecular formula is C15H25B. The topological polar surface area (TPSA) is 0 Å². The molecule has 0 aliphatic rings. The van der Waals surface area contributed by atoms with Crippen molar-refractivity contribution in [3.05, 3.63) is 35.4 Å². The van der Waals surface area contributed by atoms with Crippen LogP contribution in [0.15, 0.2) is 24.3 Å². The van der Waals surface area contributed by atoms with E-state index in [0.29, 0.717) is 5.31 Å². The van der Waals surface area contributed by atoms with Gasteiger partial charge in [0.25, 0.3) is 0 Å². The van der Waals surface area contributed by atoms with Crippen LogP contribution in [-0.2, 0) is 11.7 Å². The van der Waals surface area contributed by atoms with Crippen LogP contribution in [0.4, 0.5) is 0 Å². The quantitative estimate of drug-likeness (QED) is 0.652. The summed E-state index contributed by atoms with van der Waals surface area (Å²) in [4.78, 5) is 0. The van der Waals surface area contributed by atoms with Gasteiger partial charge in [0.15, 0.2) is 0 Å². The number of hydrogen-bond donors (Lipinski definition) is 0. The minimum absolute atomic E-state index is 0.266. The van der Waals surface area contributed by atoms with Gasteiger partial charge in [-0.05, 0) is 11.0 Å². The first-order valence-corrected chi connectivity index (χ1v) is 6.28. The lowest BCUT2D eigenvalue weighted by atomic mass is 9.52. The summed E-state index contributed by atoms with van der Waals surface area (Å²) in [5.74, 6) is 0. The molecule has 1 heteroatoms. The molecule has 0 spiro atoms. The van der Waals surface area contributed by atoms with Crippen LogP contribution in [0.5, 0.6) is 0 Å². The van der Waals surface area contributed by atoms with Gasteiger partial charge >= 0.3 is 0 Å². The van der Waals surface area contributed by atoms with Crippen molar-refractivity contribution in [1.29, 1.82) is 0 Å². The molecule has 1 aromatic carbocycles. The summed E-state index contributed by atoms with van der Waals surface area (Å²) >= 11 is 0. The summed E-state index contributed by atoms with van der Waals surface area (Å²) in [7, 11) is 1.25. The molecule has 0 unspecified atom stereocenters. The molecule has 0 bridgehead atoms. The summed E-state index contributed by atoms with van der Waals surface area (Å²) < 4.78 is 0. The van der Waals surface area contributed by atoms with Crippen molar-refractivity contribution in [3.63, 3.8) is 0 Å². The molecule has 88 valence electrons. The van der Waals surface area contributed by atoms with Crippen LogP contribution in [0.1, 0.15) is 52.7 Å². The van der Waals surface area contributed by atoms with Gasteiger partial charge in [-0.1, -0.05) is 83.0 Å². The third-order valence-corrected chi connectivity index (χ3v) is 2.98. The van der Waals surface area contributed by atoms with Gasteiger partial charge in [0.1, 0.15) is 7.28 Å². The maximum atomic E-state index is 2.30. The maximum absolute atomic E-state index is 2.30. The van der Waals surface area contributed by atoms with Crippen molar-refractivity contribution in [1.82, 2.24) is 0 Å². The van der Waals surface area contributed by atoms with E-state index in [1.807, 2.05) is 0 Å². The van der Waals surface area contributed by atoms with Crippen molar-refractivity contribution in [2.45, 2.75) is 58.6 Å². The molecule has 0 saturated heterocycles. The molecule has 0 nitrogen and oxygen atoms in total. The highest BCUT2D eigenvalue weighted by Crippen LogP contribution is 2.24. The monoisotopic (exact) mass is 216 g/mol. The molecule has 1 aromatic rings. The Labute approximate surface area is 102 Å². The highest BCUT2D eigenvalue weighted by atomic mass is 14.2. The number of hydrogen-bond acceptors (Lipinski definition) is 0. The third kappa shape index (κ3) is 4.43. The van der Waals surface area contributed by atoms with Crippen LogP contribution in [0.3, 0.4) is 0 Å². The second-order valence-corrected chi connectivity index (χ2v) is 7.01. The fraction of sp³-hybridized carbons (Fsp3) is 0.600. The number of benzene rings is 1. The van der Waals surface area contributed by atoms with E-state index in [-0.39, 0.29) is 5.41 Å². The van der Waals surface area contributed by atoms with Crippen molar-refractivity contribution in [2.75, 3.05) is 0 Å². The van der Waals surface area contributed by atoms with E-state index in [2.05, 4.69) is 65.8 Å². The molecule has 0 aliphatic heterocycles. The van der Waals surface area contributed by atoms with Gasteiger partial charge < -0.3 is 0 Å². The van der Waals surface area contributed by atoms with E-state index in [4.69, 9.17) is 0 Å².